The van der Waals surface area contributed by atoms with Crippen LogP contribution in [-0.2, 0) is 0 Å². The fraction of sp³-hybridized carbons (Fsp3) is 0.800. The summed E-state index contributed by atoms with van der Waals surface area (Å²) in [5, 5.41) is 19.1. The van der Waals surface area contributed by atoms with Gasteiger partial charge in [-0.25, -0.2) is 0 Å². The molecule has 0 aromatic rings. The van der Waals surface area contributed by atoms with E-state index in [1.807, 2.05) is 6.92 Å². The molecule has 13 heavy (non-hydrogen) atoms. The average molecular weight is 185 g/mol. The summed E-state index contributed by atoms with van der Waals surface area (Å²) in [6, 6.07) is 0. The van der Waals surface area contributed by atoms with E-state index >= 15 is 0 Å². The van der Waals surface area contributed by atoms with Gasteiger partial charge in [-0.2, -0.15) is 0 Å². The number of allylic oxidation sites excluding steroid dienone is 1. The second kappa shape index (κ2) is 3.68. The number of rotatable bonds is 2. The third-order valence-corrected chi connectivity index (χ3v) is 2.90. The smallest absolute Gasteiger partial charge is 0.0844 e. The molecule has 1 aliphatic rings. The largest absolute Gasteiger partial charge is 0.396 e. The summed E-state index contributed by atoms with van der Waals surface area (Å²) < 4.78 is 0. The summed E-state index contributed by atoms with van der Waals surface area (Å²) in [6.07, 6.45) is 0.830. The van der Waals surface area contributed by atoms with Crippen molar-refractivity contribution < 1.29 is 10.2 Å². The highest BCUT2D eigenvalue weighted by molar-refractivity contribution is 4.98. The Balaban J connectivity index is 2.64. The Morgan fingerprint density at radius 1 is 1.69 bits per heavy atom. The molecule has 1 saturated heterocycles. The second-order valence-corrected chi connectivity index (χ2v) is 4.18. The van der Waals surface area contributed by atoms with Gasteiger partial charge in [0.1, 0.15) is 0 Å². The van der Waals surface area contributed by atoms with Crippen LogP contribution in [0.4, 0.5) is 0 Å². The van der Waals surface area contributed by atoms with Crippen molar-refractivity contribution in [3.63, 3.8) is 0 Å². The Morgan fingerprint density at radius 2 is 2.31 bits per heavy atom. The van der Waals surface area contributed by atoms with E-state index in [-0.39, 0.29) is 12.5 Å². The van der Waals surface area contributed by atoms with E-state index in [4.69, 9.17) is 5.11 Å². The summed E-state index contributed by atoms with van der Waals surface area (Å²) in [6.45, 7) is 9.10. The lowest BCUT2D eigenvalue weighted by atomic mass is 9.83. The van der Waals surface area contributed by atoms with Crippen LogP contribution >= 0.6 is 0 Å². The fourth-order valence-electron chi connectivity index (χ4n) is 1.83. The van der Waals surface area contributed by atoms with Gasteiger partial charge in [0.25, 0.3) is 0 Å². The molecule has 3 nitrogen and oxygen atoms in total. The Bertz CT molecular complexity index is 201. The molecule has 2 atom stereocenters. The van der Waals surface area contributed by atoms with Crippen LogP contribution in [0.5, 0.6) is 0 Å². The number of hydrogen-bond donors (Lipinski definition) is 2. The summed E-state index contributed by atoms with van der Waals surface area (Å²) in [5.74, 6) is 0.00287. The zero-order chi connectivity index (χ0) is 10.1. The minimum atomic E-state index is -0.786. The van der Waals surface area contributed by atoms with Gasteiger partial charge in [-0.15, -0.1) is 0 Å². The number of hydrogen-bond acceptors (Lipinski definition) is 3. The van der Waals surface area contributed by atoms with Gasteiger partial charge in [0.05, 0.1) is 5.60 Å². The van der Waals surface area contributed by atoms with Crippen molar-refractivity contribution >= 4 is 0 Å². The second-order valence-electron chi connectivity index (χ2n) is 4.18. The van der Waals surface area contributed by atoms with Crippen molar-refractivity contribution in [2.24, 2.45) is 5.92 Å². The van der Waals surface area contributed by atoms with Crippen molar-refractivity contribution in [1.82, 2.24) is 4.90 Å². The maximum absolute atomic E-state index is 10.0. The van der Waals surface area contributed by atoms with Crippen molar-refractivity contribution in [2.45, 2.75) is 25.9 Å². The van der Waals surface area contributed by atoms with Crippen LogP contribution in [0.1, 0.15) is 20.3 Å². The highest BCUT2D eigenvalue weighted by atomic mass is 16.3. The number of likely N-dealkylation sites (tertiary alicyclic amines) is 1. The lowest BCUT2D eigenvalue weighted by Gasteiger charge is -2.43. The maximum atomic E-state index is 10.0. The minimum absolute atomic E-state index is 0.00287. The normalized spacial score (nSPS) is 34.8. The van der Waals surface area contributed by atoms with Gasteiger partial charge in [-0.1, -0.05) is 6.58 Å². The molecule has 0 aromatic heterocycles. The monoisotopic (exact) mass is 185 g/mol. The van der Waals surface area contributed by atoms with Gasteiger partial charge >= 0.3 is 0 Å². The topological polar surface area (TPSA) is 43.7 Å². The van der Waals surface area contributed by atoms with Crippen LogP contribution in [0.3, 0.4) is 0 Å². The Hall–Kier alpha value is -0.540. The molecular formula is C10H19NO2. The predicted octanol–water partition coefficient (Wildman–Crippen LogP) is 0.585. The number of aliphatic hydroxyl groups is 2. The summed E-state index contributed by atoms with van der Waals surface area (Å²) >= 11 is 0. The Labute approximate surface area is 79.7 Å². The average Bonchev–Trinajstić information content (AvgIpc) is 2.02. The summed E-state index contributed by atoms with van der Waals surface area (Å²) in [7, 11) is 0. The zero-order valence-electron chi connectivity index (χ0n) is 8.45. The first-order valence-corrected chi connectivity index (χ1v) is 4.71. The van der Waals surface area contributed by atoms with E-state index in [1.165, 1.54) is 0 Å². The first kappa shape index (κ1) is 10.5. The summed E-state index contributed by atoms with van der Waals surface area (Å²) in [5.41, 5.74) is 0.197. The first-order valence-electron chi connectivity index (χ1n) is 4.71. The molecule has 1 heterocycles. The van der Waals surface area contributed by atoms with Crippen LogP contribution in [0.25, 0.3) is 0 Å². The molecule has 2 unspecified atom stereocenters. The molecule has 0 saturated carbocycles. The number of piperidine rings is 1. The lowest BCUT2D eigenvalue weighted by molar-refractivity contribution is -0.0712. The van der Waals surface area contributed by atoms with Gasteiger partial charge in [0, 0.05) is 31.3 Å². The van der Waals surface area contributed by atoms with Crippen LogP contribution < -0.4 is 0 Å². The molecule has 0 spiro atoms. The summed E-state index contributed by atoms with van der Waals surface area (Å²) in [4.78, 5) is 2.06. The third-order valence-electron chi connectivity index (χ3n) is 2.90. The molecule has 0 aromatic carbocycles. The van der Waals surface area contributed by atoms with Crippen LogP contribution in [0, 0.1) is 5.92 Å². The van der Waals surface area contributed by atoms with Crippen LogP contribution in [-0.4, -0.2) is 40.4 Å². The van der Waals surface area contributed by atoms with Crippen molar-refractivity contribution in [3.8, 4) is 0 Å². The van der Waals surface area contributed by atoms with E-state index in [1.54, 1.807) is 6.92 Å². The molecular weight excluding hydrogens is 166 g/mol. The molecule has 3 heteroatoms. The van der Waals surface area contributed by atoms with Crippen molar-refractivity contribution in [1.29, 1.82) is 0 Å². The molecule has 2 N–H and O–H groups in total. The van der Waals surface area contributed by atoms with Gasteiger partial charge in [0.15, 0.2) is 0 Å². The SMILES string of the molecule is C=C(C)N1CCC(CO)C(C)(O)C1. The highest BCUT2D eigenvalue weighted by Gasteiger charge is 2.37. The van der Waals surface area contributed by atoms with Gasteiger partial charge in [-0.05, 0) is 20.3 Å². The highest BCUT2D eigenvalue weighted by Crippen LogP contribution is 2.28. The zero-order valence-corrected chi connectivity index (χ0v) is 8.45. The molecule has 0 amide bonds. The van der Waals surface area contributed by atoms with E-state index < -0.39 is 5.60 Å². The van der Waals surface area contributed by atoms with Crippen molar-refractivity contribution in [3.05, 3.63) is 12.3 Å². The number of aliphatic hydroxyl groups excluding tert-OH is 1. The number of β-amino-alcohol motifs (C(OH)–C–C–N with tert-alkyl or cyclic N) is 1. The van der Waals surface area contributed by atoms with Gasteiger partial charge in [-0.3, -0.25) is 0 Å². The van der Waals surface area contributed by atoms with E-state index in [0.29, 0.717) is 6.54 Å². The lowest BCUT2D eigenvalue weighted by Crippen LogP contribution is -2.52. The first-order chi connectivity index (χ1) is 5.97. The quantitative estimate of drug-likeness (QED) is 0.661. The molecule has 76 valence electrons. The van der Waals surface area contributed by atoms with E-state index in [0.717, 1.165) is 18.7 Å². The molecule has 0 bridgehead atoms. The van der Waals surface area contributed by atoms with Crippen LogP contribution in [0.15, 0.2) is 12.3 Å². The standard InChI is InChI=1S/C10H19NO2/c1-8(2)11-5-4-9(6-12)10(3,13)7-11/h9,12-13H,1,4-7H2,2-3H3. The molecule has 1 fully saturated rings. The maximum Gasteiger partial charge on any atom is 0.0844 e. The molecule has 1 rings (SSSR count). The van der Waals surface area contributed by atoms with E-state index in [2.05, 4.69) is 11.5 Å². The fourth-order valence-corrected chi connectivity index (χ4v) is 1.83. The van der Waals surface area contributed by atoms with Crippen LogP contribution in [0.2, 0.25) is 0 Å². The van der Waals surface area contributed by atoms with Gasteiger partial charge < -0.3 is 15.1 Å². The van der Waals surface area contributed by atoms with Gasteiger partial charge in [0.2, 0.25) is 0 Å². The predicted molar refractivity (Wildman–Crippen MR) is 52.2 cm³/mol. The third kappa shape index (κ3) is 2.23. The van der Waals surface area contributed by atoms with E-state index in [9.17, 15) is 5.11 Å². The Morgan fingerprint density at radius 3 is 2.69 bits per heavy atom. The van der Waals surface area contributed by atoms with Crippen molar-refractivity contribution in [2.75, 3.05) is 19.7 Å². The number of nitrogens with zero attached hydrogens (tertiary/aromatic N) is 1. The minimum Gasteiger partial charge on any atom is -0.396 e. The molecule has 0 aliphatic carbocycles. The molecule has 0 radical (unpaired) electrons. The Kier molecular flexibility index (Phi) is 2.98. The molecule has 1 aliphatic heterocycles.